The van der Waals surface area contributed by atoms with Crippen LogP contribution in [0.2, 0.25) is 0 Å². The molecule has 0 radical (unpaired) electrons. The number of nitro groups is 1. The Morgan fingerprint density at radius 1 is 1.20 bits per heavy atom. The monoisotopic (exact) mass is 303 g/mol. The Morgan fingerprint density at radius 3 is 2.33 bits per heavy atom. The second-order valence-corrected chi connectivity index (χ2v) is 4.80. The van der Waals surface area contributed by atoms with Gasteiger partial charge in [-0.3, -0.25) is 10.1 Å². The third-order valence-electron chi connectivity index (χ3n) is 1.78. The van der Waals surface area contributed by atoms with E-state index in [0.29, 0.717) is 0 Å². The summed E-state index contributed by atoms with van der Waals surface area (Å²) in [5.41, 5.74) is 1.16. The molecule has 6 heteroatoms. The minimum absolute atomic E-state index is 0. The zero-order chi connectivity index (χ0) is 9.97. The van der Waals surface area contributed by atoms with Gasteiger partial charge in [0.05, 0.1) is 9.80 Å². The van der Waals surface area contributed by atoms with Crippen LogP contribution in [0.4, 0.5) is 5.69 Å². The largest absolute Gasteiger partial charge is 1.00 e. The highest BCUT2D eigenvalue weighted by molar-refractivity contribution is 7.70. The predicted octanol–water partition coefficient (Wildman–Crippen LogP) is 0.670. The van der Waals surface area contributed by atoms with Crippen molar-refractivity contribution in [2.24, 2.45) is 0 Å². The van der Waals surface area contributed by atoms with Crippen LogP contribution in [-0.4, -0.2) is 4.92 Å². The van der Waals surface area contributed by atoms with Gasteiger partial charge in [0.2, 0.25) is 5.38 Å². The molecule has 0 fully saturated rings. The van der Waals surface area contributed by atoms with Gasteiger partial charge in [-0.2, -0.15) is 0 Å². The molecule has 0 aliphatic rings. The number of benzene rings is 1. The maximum atomic E-state index is 10.4. The minimum Gasteiger partial charge on any atom is -1.00 e. The van der Waals surface area contributed by atoms with E-state index < -0.39 is 0 Å². The summed E-state index contributed by atoms with van der Waals surface area (Å²) in [4.78, 5) is 11.2. The molecule has 0 saturated heterocycles. The molecule has 15 heavy (non-hydrogen) atoms. The van der Waals surface area contributed by atoms with Crippen molar-refractivity contribution < 1.29 is 21.9 Å². The average Bonchev–Trinajstić information content (AvgIpc) is 2.71. The van der Waals surface area contributed by atoms with Crippen molar-refractivity contribution in [2.75, 3.05) is 0 Å². The van der Waals surface area contributed by atoms with Crippen molar-refractivity contribution in [1.82, 2.24) is 0 Å². The first-order valence-electron chi connectivity index (χ1n) is 3.89. The Kier molecular flexibility index (Phi) is 4.31. The maximum absolute atomic E-state index is 10.4. The molecule has 3 nitrogen and oxygen atoms in total. The van der Waals surface area contributed by atoms with Crippen LogP contribution in [0.5, 0.6) is 0 Å². The summed E-state index contributed by atoms with van der Waals surface area (Å²) in [6.45, 7) is 0. The fourth-order valence-corrected chi connectivity index (χ4v) is 2.98. The second-order valence-electron chi connectivity index (χ2n) is 2.65. The topological polar surface area (TPSA) is 43.1 Å². The van der Waals surface area contributed by atoms with Gasteiger partial charge in [0.25, 0.3) is 16.0 Å². The van der Waals surface area contributed by atoms with Gasteiger partial charge in [-0.1, -0.05) is 0 Å². The lowest BCUT2D eigenvalue weighted by molar-refractivity contribution is -0.384. The van der Waals surface area contributed by atoms with Gasteiger partial charge in [0, 0.05) is 18.2 Å². The van der Waals surface area contributed by atoms with Crippen LogP contribution in [0.1, 0.15) is 0 Å². The highest BCUT2D eigenvalue weighted by Gasteiger charge is 2.08. The summed E-state index contributed by atoms with van der Waals surface area (Å²) in [5, 5.41) is 12.4. The van der Waals surface area contributed by atoms with Crippen molar-refractivity contribution in [1.29, 1.82) is 0 Å². The van der Waals surface area contributed by atoms with E-state index in [1.54, 1.807) is 32.8 Å². The van der Waals surface area contributed by atoms with E-state index in [1.807, 2.05) is 11.4 Å². The summed E-state index contributed by atoms with van der Waals surface area (Å²) < 4.78 is 0. The Morgan fingerprint density at radius 2 is 1.87 bits per heavy atom. The van der Waals surface area contributed by atoms with Gasteiger partial charge in [0.1, 0.15) is 0 Å². The third-order valence-corrected chi connectivity index (χ3v) is 3.83. The van der Waals surface area contributed by atoms with Gasteiger partial charge in [0.15, 0.2) is 10.3 Å². The number of hydrogen-bond donors (Lipinski definition) is 0. The van der Waals surface area contributed by atoms with Crippen LogP contribution in [-0.2, 0) is 0 Å². The molecule has 1 aromatic carbocycles. The fourth-order valence-electron chi connectivity index (χ4n) is 1.09. The van der Waals surface area contributed by atoms with Gasteiger partial charge in [-0.25, -0.2) is 0 Å². The molecule has 1 aromatic heterocycles. The summed E-state index contributed by atoms with van der Waals surface area (Å²) in [6.07, 6.45) is 0. The molecule has 0 amide bonds. The van der Waals surface area contributed by atoms with E-state index in [1.165, 1.54) is 12.1 Å². The van der Waals surface area contributed by atoms with E-state index in [0.717, 1.165) is 10.4 Å². The first-order valence-corrected chi connectivity index (χ1v) is 6.10. The van der Waals surface area contributed by atoms with Gasteiger partial charge in [-0.05, 0) is 17.7 Å². The Hall–Kier alpha value is -0.850. The quantitative estimate of drug-likeness (QED) is 0.354. The Bertz CT molecular complexity index is 442. The van der Waals surface area contributed by atoms with Gasteiger partial charge in [-0.15, -0.1) is 0 Å². The summed E-state index contributed by atoms with van der Waals surface area (Å²) in [7, 11) is 3.31. The summed E-state index contributed by atoms with van der Waals surface area (Å²) in [5.74, 6) is 0. The molecular weight excluding hydrogens is 298 g/mol. The molecule has 0 atom stereocenters. The molecular formula is C9H6BrNO2S2. The zero-order valence-electron chi connectivity index (χ0n) is 7.42. The predicted molar refractivity (Wildman–Crippen MR) is 58.7 cm³/mol. The standard InChI is InChI=1S/C9H6NO2S2.BrH/c11-10(12)8-3-1-7(2-4-8)9-5-6-13-14-9;/h1-6H;1H/q+1;/p-1. The molecule has 2 aromatic rings. The SMILES string of the molecule is O=[N+]([O-])c1ccc(-c2cc[s+]s2)cc1.[Br-]. The first kappa shape index (κ1) is 12.2. The number of nitrogens with zero attached hydrogens (tertiary/aromatic N) is 1. The molecule has 0 aliphatic carbocycles. The van der Waals surface area contributed by atoms with Crippen molar-refractivity contribution >= 4 is 26.4 Å². The van der Waals surface area contributed by atoms with Crippen LogP contribution in [0.25, 0.3) is 10.4 Å². The molecule has 0 saturated carbocycles. The number of halogens is 1. The maximum Gasteiger partial charge on any atom is 0.292 e. The third kappa shape index (κ3) is 2.80. The van der Waals surface area contributed by atoms with Crippen molar-refractivity contribution in [3.05, 3.63) is 45.8 Å². The van der Waals surface area contributed by atoms with E-state index in [4.69, 9.17) is 0 Å². The van der Waals surface area contributed by atoms with E-state index in [-0.39, 0.29) is 27.6 Å². The van der Waals surface area contributed by atoms with Crippen LogP contribution in [0.3, 0.4) is 0 Å². The van der Waals surface area contributed by atoms with Gasteiger partial charge < -0.3 is 17.0 Å². The van der Waals surface area contributed by atoms with Crippen LogP contribution >= 0.6 is 20.7 Å². The van der Waals surface area contributed by atoms with Crippen molar-refractivity contribution in [2.45, 2.75) is 0 Å². The Balaban J connectivity index is 0.00000112. The Labute approximate surface area is 104 Å². The molecule has 0 unspecified atom stereocenters. The number of nitro benzene ring substituents is 1. The zero-order valence-corrected chi connectivity index (χ0v) is 10.6. The van der Waals surface area contributed by atoms with Crippen LogP contribution in [0.15, 0.2) is 35.7 Å². The fraction of sp³-hybridized carbons (Fsp3) is 0. The van der Waals surface area contributed by atoms with E-state index in [9.17, 15) is 10.1 Å². The molecule has 0 spiro atoms. The molecule has 78 valence electrons. The van der Waals surface area contributed by atoms with Crippen LogP contribution < -0.4 is 17.0 Å². The lowest BCUT2D eigenvalue weighted by Crippen LogP contribution is -3.00. The number of non-ortho nitro benzene ring substituents is 1. The molecule has 1 heterocycles. The highest BCUT2D eigenvalue weighted by Crippen LogP contribution is 2.28. The van der Waals surface area contributed by atoms with Crippen molar-refractivity contribution in [3.8, 4) is 10.4 Å². The molecule has 0 aliphatic heterocycles. The molecule has 0 N–H and O–H groups in total. The molecule has 0 bridgehead atoms. The highest BCUT2D eigenvalue weighted by atomic mass is 79.9. The number of hydrogen-bond acceptors (Lipinski definition) is 3. The van der Waals surface area contributed by atoms with E-state index >= 15 is 0 Å². The normalized spacial score (nSPS) is 9.33. The summed E-state index contributed by atoms with van der Waals surface area (Å²) in [6, 6.07) is 8.61. The van der Waals surface area contributed by atoms with Gasteiger partial charge >= 0.3 is 0 Å². The molecule has 2 rings (SSSR count). The first-order chi connectivity index (χ1) is 6.77. The van der Waals surface area contributed by atoms with E-state index in [2.05, 4.69) is 0 Å². The lowest BCUT2D eigenvalue weighted by Gasteiger charge is -1.93. The lowest BCUT2D eigenvalue weighted by atomic mass is 10.2. The van der Waals surface area contributed by atoms with Crippen molar-refractivity contribution in [3.63, 3.8) is 0 Å². The van der Waals surface area contributed by atoms with Crippen LogP contribution in [0, 0.1) is 10.1 Å². The number of rotatable bonds is 2. The smallest absolute Gasteiger partial charge is 0.292 e. The minimum atomic E-state index is -0.388. The average molecular weight is 304 g/mol. The second kappa shape index (κ2) is 5.29. The summed E-state index contributed by atoms with van der Waals surface area (Å²) >= 11 is 0.